The van der Waals surface area contributed by atoms with E-state index < -0.39 is 0 Å². The number of hydrogen-bond acceptors (Lipinski definition) is 5. The molecule has 1 aromatic heterocycles. The zero-order valence-corrected chi connectivity index (χ0v) is 13.4. The van der Waals surface area contributed by atoms with Gasteiger partial charge in [-0.15, -0.1) is 0 Å². The van der Waals surface area contributed by atoms with Gasteiger partial charge in [0.15, 0.2) is 0 Å². The van der Waals surface area contributed by atoms with Gasteiger partial charge in [-0.3, -0.25) is 14.7 Å². The number of ether oxygens (including phenoxy) is 1. The third kappa shape index (κ3) is 2.85. The topological polar surface area (TPSA) is 58.6 Å². The van der Waals surface area contributed by atoms with Crippen LogP contribution in [-0.4, -0.2) is 71.1 Å². The highest BCUT2D eigenvalue weighted by atomic mass is 16.5. The number of likely N-dealkylation sites (tertiary alicyclic amines) is 2. The molecular formula is C16H24N4O2. The fraction of sp³-hybridized carbons (Fsp3) is 0.688. The largest absolute Gasteiger partial charge is 0.381 e. The molecule has 1 spiro atoms. The highest BCUT2D eigenvalue weighted by Crippen LogP contribution is 2.38. The number of aromatic nitrogens is 2. The van der Waals surface area contributed by atoms with E-state index in [1.165, 1.54) is 12.6 Å². The van der Waals surface area contributed by atoms with Crippen molar-refractivity contribution in [3.63, 3.8) is 0 Å². The molecule has 2 aliphatic rings. The third-order valence-corrected chi connectivity index (χ3v) is 4.95. The number of amides is 1. The van der Waals surface area contributed by atoms with Gasteiger partial charge in [0, 0.05) is 38.7 Å². The number of carbonyl (C=O) groups is 1. The first-order valence-electron chi connectivity index (χ1n) is 7.99. The van der Waals surface area contributed by atoms with Crippen LogP contribution in [0.3, 0.4) is 0 Å². The molecule has 6 heteroatoms. The summed E-state index contributed by atoms with van der Waals surface area (Å²) >= 11 is 0. The predicted molar refractivity (Wildman–Crippen MR) is 82.5 cm³/mol. The number of piperidine rings is 1. The van der Waals surface area contributed by atoms with Gasteiger partial charge >= 0.3 is 0 Å². The molecule has 3 heterocycles. The van der Waals surface area contributed by atoms with E-state index >= 15 is 0 Å². The summed E-state index contributed by atoms with van der Waals surface area (Å²) in [7, 11) is 2.17. The van der Waals surface area contributed by atoms with E-state index in [4.69, 9.17) is 4.74 Å². The lowest BCUT2D eigenvalue weighted by Crippen LogP contribution is -2.72. The van der Waals surface area contributed by atoms with Gasteiger partial charge in [-0.2, -0.15) is 0 Å². The maximum Gasteiger partial charge on any atom is 0.274 e. The van der Waals surface area contributed by atoms with Gasteiger partial charge in [-0.25, -0.2) is 4.98 Å². The molecule has 2 fully saturated rings. The number of nitrogens with zero attached hydrogens (tertiary/aromatic N) is 4. The molecule has 2 aliphatic heterocycles. The Labute approximate surface area is 131 Å². The van der Waals surface area contributed by atoms with Crippen molar-refractivity contribution in [2.45, 2.75) is 25.3 Å². The minimum Gasteiger partial charge on any atom is -0.381 e. The summed E-state index contributed by atoms with van der Waals surface area (Å²) in [5.41, 5.74) is 0.555. The average Bonchev–Trinajstić information content (AvgIpc) is 2.52. The Hall–Kier alpha value is -1.53. The lowest BCUT2D eigenvalue weighted by Gasteiger charge is -2.58. The van der Waals surface area contributed by atoms with E-state index in [9.17, 15) is 4.79 Å². The van der Waals surface area contributed by atoms with Crippen molar-refractivity contribution >= 4 is 5.91 Å². The predicted octanol–water partition coefficient (Wildman–Crippen LogP) is 1.05. The van der Waals surface area contributed by atoms with Crippen molar-refractivity contribution < 1.29 is 9.53 Å². The van der Waals surface area contributed by atoms with Gasteiger partial charge in [0.2, 0.25) is 0 Å². The molecule has 0 saturated carbocycles. The van der Waals surface area contributed by atoms with Crippen molar-refractivity contribution in [3.05, 3.63) is 24.3 Å². The minimum absolute atomic E-state index is 0.0148. The van der Waals surface area contributed by atoms with E-state index in [2.05, 4.69) is 21.9 Å². The smallest absolute Gasteiger partial charge is 0.274 e. The van der Waals surface area contributed by atoms with Crippen LogP contribution >= 0.6 is 0 Å². The van der Waals surface area contributed by atoms with Crippen LogP contribution in [-0.2, 0) is 4.74 Å². The monoisotopic (exact) mass is 304 g/mol. The first-order valence-corrected chi connectivity index (χ1v) is 7.99. The molecule has 0 bridgehead atoms. The Bertz CT molecular complexity index is 514. The Morgan fingerprint density at radius 1 is 1.45 bits per heavy atom. The van der Waals surface area contributed by atoms with Gasteiger partial charge in [-0.05, 0) is 39.3 Å². The lowest BCUT2D eigenvalue weighted by molar-refractivity contribution is -0.0753. The third-order valence-electron chi connectivity index (χ3n) is 4.95. The Morgan fingerprint density at radius 3 is 2.95 bits per heavy atom. The molecule has 1 amide bonds. The van der Waals surface area contributed by atoms with Crippen LogP contribution < -0.4 is 0 Å². The van der Waals surface area contributed by atoms with Crippen molar-refractivity contribution in [2.24, 2.45) is 5.92 Å². The van der Waals surface area contributed by atoms with E-state index in [1.807, 2.05) is 11.8 Å². The molecule has 0 unspecified atom stereocenters. The van der Waals surface area contributed by atoms with Crippen LogP contribution in [0.2, 0.25) is 0 Å². The fourth-order valence-corrected chi connectivity index (χ4v) is 3.59. The second kappa shape index (κ2) is 6.30. The summed E-state index contributed by atoms with van der Waals surface area (Å²) in [4.78, 5) is 24.8. The van der Waals surface area contributed by atoms with E-state index in [-0.39, 0.29) is 11.4 Å². The molecular weight excluding hydrogens is 280 g/mol. The SMILES string of the molecule is CCOC[C@H]1CCN(C)C2(C1)CN(C(=O)c1cnccn1)C2. The number of hydrogen-bond donors (Lipinski definition) is 0. The molecule has 120 valence electrons. The van der Waals surface area contributed by atoms with Gasteiger partial charge in [-0.1, -0.05) is 0 Å². The van der Waals surface area contributed by atoms with Crippen LogP contribution in [0, 0.1) is 5.92 Å². The molecule has 3 rings (SSSR count). The van der Waals surface area contributed by atoms with Gasteiger partial charge < -0.3 is 9.64 Å². The molecule has 1 aromatic rings. The summed E-state index contributed by atoms with van der Waals surface area (Å²) in [6, 6.07) is 0. The van der Waals surface area contributed by atoms with Crippen molar-refractivity contribution in [2.75, 3.05) is 39.9 Å². The van der Waals surface area contributed by atoms with Crippen LogP contribution in [0.25, 0.3) is 0 Å². The average molecular weight is 304 g/mol. The highest BCUT2D eigenvalue weighted by Gasteiger charge is 2.51. The Kier molecular flexibility index (Phi) is 4.40. The second-order valence-corrected chi connectivity index (χ2v) is 6.42. The standard InChI is InChI=1S/C16H24N4O2/c1-3-22-10-13-4-7-19(2)16(8-13)11-20(12-16)15(21)14-9-17-5-6-18-14/h5-6,9,13H,3-4,7-8,10-12H2,1-2H3/t13-/m0/s1. The number of rotatable bonds is 4. The molecule has 0 aliphatic carbocycles. The lowest BCUT2D eigenvalue weighted by atomic mass is 9.75. The molecule has 0 aromatic carbocycles. The van der Waals surface area contributed by atoms with Crippen LogP contribution in [0.15, 0.2) is 18.6 Å². The molecule has 0 N–H and O–H groups in total. The van der Waals surface area contributed by atoms with Gasteiger partial charge in [0.05, 0.1) is 11.7 Å². The maximum atomic E-state index is 12.4. The fourth-order valence-electron chi connectivity index (χ4n) is 3.59. The second-order valence-electron chi connectivity index (χ2n) is 6.42. The number of carbonyl (C=O) groups excluding carboxylic acids is 1. The Morgan fingerprint density at radius 2 is 2.27 bits per heavy atom. The minimum atomic E-state index is -0.0148. The molecule has 22 heavy (non-hydrogen) atoms. The first-order chi connectivity index (χ1) is 10.6. The van der Waals surface area contributed by atoms with Crippen LogP contribution in [0.4, 0.5) is 0 Å². The van der Waals surface area contributed by atoms with Crippen molar-refractivity contribution in [1.29, 1.82) is 0 Å². The van der Waals surface area contributed by atoms with Gasteiger partial charge in [0.1, 0.15) is 5.69 Å². The molecule has 0 radical (unpaired) electrons. The molecule has 1 atom stereocenters. The molecule has 6 nitrogen and oxygen atoms in total. The first kappa shape index (κ1) is 15.4. The summed E-state index contributed by atoms with van der Waals surface area (Å²) in [5, 5.41) is 0. The quantitative estimate of drug-likeness (QED) is 0.832. The van der Waals surface area contributed by atoms with E-state index in [1.54, 1.807) is 12.4 Å². The maximum absolute atomic E-state index is 12.4. The Balaban J connectivity index is 1.61. The summed E-state index contributed by atoms with van der Waals surface area (Å²) in [6.45, 7) is 6.28. The van der Waals surface area contributed by atoms with E-state index in [0.717, 1.165) is 39.3 Å². The number of likely N-dealkylation sites (N-methyl/N-ethyl adjacent to an activating group) is 1. The zero-order chi connectivity index (χ0) is 15.6. The highest BCUT2D eigenvalue weighted by molar-refractivity contribution is 5.92. The summed E-state index contributed by atoms with van der Waals surface area (Å²) in [6.07, 6.45) is 6.97. The van der Waals surface area contributed by atoms with E-state index in [0.29, 0.717) is 11.6 Å². The van der Waals surface area contributed by atoms with Crippen molar-refractivity contribution in [1.82, 2.24) is 19.8 Å². The summed E-state index contributed by atoms with van der Waals surface area (Å²) in [5.74, 6) is 0.587. The molecule has 2 saturated heterocycles. The summed E-state index contributed by atoms with van der Waals surface area (Å²) < 4.78 is 5.60. The van der Waals surface area contributed by atoms with Crippen molar-refractivity contribution in [3.8, 4) is 0 Å². The van der Waals surface area contributed by atoms with Crippen LogP contribution in [0.1, 0.15) is 30.3 Å². The normalized spacial score (nSPS) is 24.3. The van der Waals surface area contributed by atoms with Crippen LogP contribution in [0.5, 0.6) is 0 Å². The van der Waals surface area contributed by atoms with Gasteiger partial charge in [0.25, 0.3) is 5.91 Å². The zero-order valence-electron chi connectivity index (χ0n) is 13.4.